The Hall–Kier alpha value is -3.18. The molecule has 0 bridgehead atoms. The molecule has 168 valence electrons. The van der Waals surface area contributed by atoms with Crippen LogP contribution in [0.3, 0.4) is 0 Å². The highest BCUT2D eigenvalue weighted by Gasteiger charge is 2.31. The Bertz CT molecular complexity index is 1200. The number of rotatable bonds is 5. The van der Waals surface area contributed by atoms with Gasteiger partial charge in [-0.15, -0.1) is 5.10 Å². The summed E-state index contributed by atoms with van der Waals surface area (Å²) < 4.78 is 43.1. The van der Waals surface area contributed by atoms with Crippen molar-refractivity contribution in [1.29, 1.82) is 0 Å². The van der Waals surface area contributed by atoms with Gasteiger partial charge in [0.15, 0.2) is 0 Å². The standard InChI is InChI=1S/C21H23FN6O3S/c1-14-9-15(2)12-27(11-14)32(30,31)18-6-3-16(4-7-18)21(29)24-20-10-17(5-8-19(20)22)28-13-23-25-26-28/h3-8,10,13-15H,9,11-12H2,1-2H3,(H,24,29). The Morgan fingerprint density at radius 3 is 2.41 bits per heavy atom. The van der Waals surface area contributed by atoms with Crippen molar-refractivity contribution >= 4 is 21.6 Å². The molecule has 1 N–H and O–H groups in total. The van der Waals surface area contributed by atoms with Crippen LogP contribution in [0.4, 0.5) is 10.1 Å². The highest BCUT2D eigenvalue weighted by Crippen LogP contribution is 2.27. The summed E-state index contributed by atoms with van der Waals surface area (Å²) >= 11 is 0. The average Bonchev–Trinajstić information content (AvgIpc) is 3.29. The van der Waals surface area contributed by atoms with Gasteiger partial charge in [-0.05, 0) is 71.1 Å². The summed E-state index contributed by atoms with van der Waals surface area (Å²) in [6, 6.07) is 9.72. The fraction of sp³-hybridized carbons (Fsp3) is 0.333. The summed E-state index contributed by atoms with van der Waals surface area (Å²) in [7, 11) is -3.65. The van der Waals surface area contributed by atoms with Gasteiger partial charge in [-0.25, -0.2) is 17.5 Å². The number of amides is 1. The third-order valence-electron chi connectivity index (χ3n) is 5.40. The lowest BCUT2D eigenvalue weighted by atomic mass is 9.94. The zero-order chi connectivity index (χ0) is 22.9. The van der Waals surface area contributed by atoms with Crippen molar-refractivity contribution in [2.75, 3.05) is 18.4 Å². The molecule has 11 heteroatoms. The molecular weight excluding hydrogens is 435 g/mol. The summed E-state index contributed by atoms with van der Waals surface area (Å²) in [5.74, 6) is -0.611. The summed E-state index contributed by atoms with van der Waals surface area (Å²) in [4.78, 5) is 12.8. The van der Waals surface area contributed by atoms with Crippen LogP contribution >= 0.6 is 0 Å². The van der Waals surface area contributed by atoms with E-state index >= 15 is 0 Å². The minimum Gasteiger partial charge on any atom is -0.319 e. The lowest BCUT2D eigenvalue weighted by Crippen LogP contribution is -2.42. The molecule has 3 aromatic rings. The molecule has 2 heterocycles. The lowest BCUT2D eigenvalue weighted by Gasteiger charge is -2.34. The van der Waals surface area contributed by atoms with Gasteiger partial charge < -0.3 is 5.32 Å². The lowest BCUT2D eigenvalue weighted by molar-refractivity contribution is 0.102. The molecule has 1 saturated heterocycles. The van der Waals surface area contributed by atoms with E-state index < -0.39 is 21.7 Å². The second-order valence-corrected chi connectivity index (χ2v) is 10.1. The van der Waals surface area contributed by atoms with Crippen molar-refractivity contribution in [2.45, 2.75) is 25.2 Å². The molecule has 0 spiro atoms. The van der Waals surface area contributed by atoms with Gasteiger partial charge in [-0.2, -0.15) is 4.31 Å². The number of halogens is 1. The first kappa shape index (κ1) is 22.0. The Morgan fingerprint density at radius 1 is 1.09 bits per heavy atom. The number of sulfonamides is 1. The molecule has 1 aliphatic heterocycles. The molecule has 4 rings (SSSR count). The normalized spacial score (nSPS) is 19.6. The van der Waals surface area contributed by atoms with E-state index in [0.29, 0.717) is 18.8 Å². The van der Waals surface area contributed by atoms with Crippen LogP contribution in [-0.2, 0) is 10.0 Å². The highest BCUT2D eigenvalue weighted by atomic mass is 32.2. The van der Waals surface area contributed by atoms with Gasteiger partial charge in [0.25, 0.3) is 5.91 Å². The molecule has 2 aromatic carbocycles. The van der Waals surface area contributed by atoms with Crippen molar-refractivity contribution in [1.82, 2.24) is 24.5 Å². The average molecular weight is 459 g/mol. The SMILES string of the molecule is CC1CC(C)CN(S(=O)(=O)c2ccc(C(=O)Nc3cc(-n4cnnn4)ccc3F)cc2)C1. The van der Waals surface area contributed by atoms with E-state index in [2.05, 4.69) is 20.8 Å². The van der Waals surface area contributed by atoms with E-state index in [1.807, 2.05) is 13.8 Å². The first-order chi connectivity index (χ1) is 15.2. The number of aromatic nitrogens is 4. The second kappa shape index (κ2) is 8.75. The Labute approximate surface area is 185 Å². The van der Waals surface area contributed by atoms with Gasteiger partial charge in [-0.1, -0.05) is 13.8 Å². The zero-order valence-electron chi connectivity index (χ0n) is 17.6. The van der Waals surface area contributed by atoms with Crippen molar-refractivity contribution in [3.05, 3.63) is 60.2 Å². The number of hydrogen-bond acceptors (Lipinski definition) is 6. The number of nitrogens with zero attached hydrogens (tertiary/aromatic N) is 5. The summed E-state index contributed by atoms with van der Waals surface area (Å²) in [6.45, 7) is 5.04. The Morgan fingerprint density at radius 2 is 1.78 bits per heavy atom. The first-order valence-corrected chi connectivity index (χ1v) is 11.6. The number of anilines is 1. The molecule has 0 saturated carbocycles. The maximum absolute atomic E-state index is 14.2. The van der Waals surface area contributed by atoms with E-state index in [-0.39, 0.29) is 28.0 Å². The number of carbonyl (C=O) groups is 1. The maximum Gasteiger partial charge on any atom is 0.255 e. The number of hydrogen-bond donors (Lipinski definition) is 1. The fourth-order valence-corrected chi connectivity index (χ4v) is 5.63. The smallest absolute Gasteiger partial charge is 0.255 e. The number of nitrogens with one attached hydrogen (secondary N) is 1. The molecule has 1 aliphatic rings. The third kappa shape index (κ3) is 4.53. The van der Waals surface area contributed by atoms with Crippen LogP contribution < -0.4 is 5.32 Å². The summed E-state index contributed by atoms with van der Waals surface area (Å²) in [5, 5.41) is 13.3. The van der Waals surface area contributed by atoms with E-state index in [9.17, 15) is 17.6 Å². The largest absolute Gasteiger partial charge is 0.319 e. The molecule has 1 amide bonds. The molecule has 0 radical (unpaired) electrons. The Kier molecular flexibility index (Phi) is 6.02. The van der Waals surface area contributed by atoms with E-state index in [4.69, 9.17) is 0 Å². The number of benzene rings is 2. The van der Waals surface area contributed by atoms with Crippen LogP contribution in [0.2, 0.25) is 0 Å². The maximum atomic E-state index is 14.2. The quantitative estimate of drug-likeness (QED) is 0.630. The summed E-state index contributed by atoms with van der Waals surface area (Å²) in [6.07, 6.45) is 2.35. The Balaban J connectivity index is 1.51. The van der Waals surface area contributed by atoms with Crippen LogP contribution in [0, 0.1) is 17.7 Å². The van der Waals surface area contributed by atoms with E-state index in [1.165, 1.54) is 57.8 Å². The second-order valence-electron chi connectivity index (χ2n) is 8.17. The molecule has 9 nitrogen and oxygen atoms in total. The predicted octanol–water partition coefficient (Wildman–Crippen LogP) is 2.72. The molecule has 1 aromatic heterocycles. The van der Waals surface area contributed by atoms with Crippen LogP contribution in [0.25, 0.3) is 5.69 Å². The van der Waals surface area contributed by atoms with Gasteiger partial charge >= 0.3 is 0 Å². The summed E-state index contributed by atoms with van der Waals surface area (Å²) in [5.41, 5.74) is 0.630. The van der Waals surface area contributed by atoms with Crippen molar-refractivity contribution in [3.63, 3.8) is 0 Å². The molecule has 2 atom stereocenters. The highest BCUT2D eigenvalue weighted by molar-refractivity contribution is 7.89. The predicted molar refractivity (Wildman–Crippen MR) is 115 cm³/mol. The van der Waals surface area contributed by atoms with Crippen LogP contribution in [-0.4, -0.2) is 51.9 Å². The van der Waals surface area contributed by atoms with Gasteiger partial charge in [0.05, 0.1) is 16.3 Å². The van der Waals surface area contributed by atoms with Crippen molar-refractivity contribution < 1.29 is 17.6 Å². The number of carbonyl (C=O) groups excluding carboxylic acids is 1. The third-order valence-corrected chi connectivity index (χ3v) is 7.25. The monoisotopic (exact) mass is 458 g/mol. The van der Waals surface area contributed by atoms with Gasteiger partial charge in [0, 0.05) is 18.7 Å². The first-order valence-electron chi connectivity index (χ1n) is 10.2. The van der Waals surface area contributed by atoms with Crippen molar-refractivity contribution in [2.24, 2.45) is 11.8 Å². The molecule has 32 heavy (non-hydrogen) atoms. The van der Waals surface area contributed by atoms with Gasteiger partial charge in [0.1, 0.15) is 12.1 Å². The van der Waals surface area contributed by atoms with Crippen LogP contribution in [0.15, 0.2) is 53.7 Å². The molecular formula is C21H23FN6O3S. The minimum absolute atomic E-state index is 0.0454. The van der Waals surface area contributed by atoms with Crippen LogP contribution in [0.5, 0.6) is 0 Å². The topological polar surface area (TPSA) is 110 Å². The number of tetrazole rings is 1. The zero-order valence-corrected chi connectivity index (χ0v) is 18.5. The molecule has 0 aliphatic carbocycles. The molecule has 2 unspecified atom stereocenters. The van der Waals surface area contributed by atoms with Gasteiger partial charge in [0.2, 0.25) is 10.0 Å². The van der Waals surface area contributed by atoms with E-state index in [1.54, 1.807) is 0 Å². The van der Waals surface area contributed by atoms with E-state index in [0.717, 1.165) is 6.42 Å². The fourth-order valence-electron chi connectivity index (χ4n) is 3.95. The van der Waals surface area contributed by atoms with Gasteiger partial charge in [-0.3, -0.25) is 4.79 Å². The minimum atomic E-state index is -3.65. The molecule has 1 fully saturated rings. The number of piperidine rings is 1. The van der Waals surface area contributed by atoms with Crippen molar-refractivity contribution in [3.8, 4) is 5.69 Å². The van der Waals surface area contributed by atoms with Crippen LogP contribution in [0.1, 0.15) is 30.6 Å².